The van der Waals surface area contributed by atoms with Crippen molar-refractivity contribution in [1.29, 1.82) is 0 Å². The second-order valence-corrected chi connectivity index (χ2v) is 7.84. The fourth-order valence-corrected chi connectivity index (χ4v) is 4.53. The van der Waals surface area contributed by atoms with E-state index < -0.39 is 0 Å². The zero-order valence-electron chi connectivity index (χ0n) is 14.6. The lowest BCUT2D eigenvalue weighted by Crippen LogP contribution is -2.59. The molecule has 0 spiro atoms. The van der Waals surface area contributed by atoms with E-state index in [2.05, 4.69) is 20.8 Å². The molecule has 3 atom stereocenters. The summed E-state index contributed by atoms with van der Waals surface area (Å²) >= 11 is 3.43. The van der Waals surface area contributed by atoms with Gasteiger partial charge in [0.2, 0.25) is 0 Å². The van der Waals surface area contributed by atoms with E-state index in [4.69, 9.17) is 4.74 Å². The monoisotopic (exact) mass is 394 g/mol. The Hall–Kier alpha value is -0.910. The quantitative estimate of drug-likeness (QED) is 0.782. The number of ether oxygens (including phenoxy) is 1. The van der Waals surface area contributed by atoms with E-state index in [-0.39, 0.29) is 18.1 Å². The molecule has 4 nitrogen and oxygen atoms in total. The summed E-state index contributed by atoms with van der Waals surface area (Å²) in [5.41, 5.74) is 0.750. The van der Waals surface area contributed by atoms with Crippen molar-refractivity contribution in [3.05, 3.63) is 34.3 Å². The summed E-state index contributed by atoms with van der Waals surface area (Å²) in [6, 6.07) is 8.18. The van der Waals surface area contributed by atoms with Crippen molar-refractivity contribution in [2.75, 3.05) is 27.2 Å². The Kier molecular flexibility index (Phi) is 5.95. The zero-order valence-corrected chi connectivity index (χ0v) is 16.2. The summed E-state index contributed by atoms with van der Waals surface area (Å²) in [5.74, 6) is 0.105. The Morgan fingerprint density at radius 1 is 1.17 bits per heavy atom. The number of halogens is 1. The molecule has 0 N–H and O–H groups in total. The van der Waals surface area contributed by atoms with Crippen LogP contribution in [-0.2, 0) is 4.74 Å². The largest absolute Gasteiger partial charge is 0.380 e. The van der Waals surface area contributed by atoms with Crippen molar-refractivity contribution in [3.63, 3.8) is 0 Å². The Morgan fingerprint density at radius 2 is 1.83 bits per heavy atom. The summed E-state index contributed by atoms with van der Waals surface area (Å²) in [5, 5.41) is 0. The molecule has 2 aliphatic rings. The molecule has 1 saturated heterocycles. The minimum Gasteiger partial charge on any atom is -0.380 e. The number of carbonyl (C=O) groups is 1. The van der Waals surface area contributed by atoms with Gasteiger partial charge in [-0.25, -0.2) is 0 Å². The van der Waals surface area contributed by atoms with Gasteiger partial charge in [0.05, 0.1) is 12.1 Å². The molecule has 1 unspecified atom stereocenters. The normalized spacial score (nSPS) is 28.0. The van der Waals surface area contributed by atoms with E-state index in [0.29, 0.717) is 6.04 Å². The number of likely N-dealkylation sites (N-methyl/N-ethyl adjacent to an activating group) is 1. The first kappa shape index (κ1) is 17.9. The van der Waals surface area contributed by atoms with E-state index in [9.17, 15) is 4.79 Å². The minimum atomic E-state index is 0.105. The van der Waals surface area contributed by atoms with Crippen LogP contribution in [0.3, 0.4) is 0 Å². The predicted octanol–water partition coefficient (Wildman–Crippen LogP) is 3.55. The van der Waals surface area contributed by atoms with Gasteiger partial charge in [-0.1, -0.05) is 15.9 Å². The number of amides is 1. The number of nitrogens with zero attached hydrogens (tertiary/aromatic N) is 2. The molecule has 1 aromatic carbocycles. The van der Waals surface area contributed by atoms with Gasteiger partial charge >= 0.3 is 0 Å². The zero-order chi connectivity index (χ0) is 17.1. The summed E-state index contributed by atoms with van der Waals surface area (Å²) in [4.78, 5) is 17.5. The van der Waals surface area contributed by atoms with Crippen LogP contribution in [0.25, 0.3) is 0 Å². The summed E-state index contributed by atoms with van der Waals surface area (Å²) in [6.45, 7) is 2.25. The van der Waals surface area contributed by atoms with Gasteiger partial charge in [-0.05, 0) is 69.5 Å². The van der Waals surface area contributed by atoms with Crippen molar-refractivity contribution in [2.24, 2.45) is 0 Å². The van der Waals surface area contributed by atoms with Crippen LogP contribution in [0.2, 0.25) is 0 Å². The van der Waals surface area contributed by atoms with Crippen LogP contribution in [0.15, 0.2) is 28.7 Å². The molecule has 24 heavy (non-hydrogen) atoms. The Bertz CT molecular complexity index is 555. The molecule has 0 aromatic heterocycles. The number of rotatable bonds is 4. The average molecular weight is 395 g/mol. The van der Waals surface area contributed by atoms with Crippen LogP contribution >= 0.6 is 15.9 Å². The van der Waals surface area contributed by atoms with Gasteiger partial charge in [-0.3, -0.25) is 9.69 Å². The third-order valence-electron chi connectivity index (χ3n) is 5.54. The topological polar surface area (TPSA) is 32.8 Å². The van der Waals surface area contributed by atoms with Crippen molar-refractivity contribution in [2.45, 2.75) is 50.3 Å². The Labute approximate surface area is 153 Å². The van der Waals surface area contributed by atoms with Crippen molar-refractivity contribution < 1.29 is 9.53 Å². The standard InChI is InChI=1S/C19H27BrN2O2/c1-21(19(23)14-8-10-15(20)11-9-14)16-6-5-7-17(24-2)18(16)22-12-3-4-13-22/h8-11,16-18H,3-7,12-13H2,1-2H3/t16-,17?,18+/m1/s1. The average Bonchev–Trinajstić information content (AvgIpc) is 3.14. The lowest BCUT2D eigenvalue weighted by molar-refractivity contribution is -0.0388. The molecule has 2 fully saturated rings. The number of benzene rings is 1. The molecule has 1 aliphatic carbocycles. The molecule has 0 radical (unpaired) electrons. The van der Waals surface area contributed by atoms with Crippen molar-refractivity contribution >= 4 is 21.8 Å². The third kappa shape index (κ3) is 3.68. The van der Waals surface area contributed by atoms with Gasteiger partial charge in [0, 0.05) is 30.2 Å². The Morgan fingerprint density at radius 3 is 2.46 bits per heavy atom. The molecular weight excluding hydrogens is 368 g/mol. The highest BCUT2D eigenvalue weighted by molar-refractivity contribution is 9.10. The fraction of sp³-hybridized carbons (Fsp3) is 0.632. The first-order valence-electron chi connectivity index (χ1n) is 8.91. The lowest BCUT2D eigenvalue weighted by atomic mass is 9.85. The molecule has 1 saturated carbocycles. The lowest BCUT2D eigenvalue weighted by Gasteiger charge is -2.46. The van der Waals surface area contributed by atoms with Crippen LogP contribution in [0.5, 0.6) is 0 Å². The van der Waals surface area contributed by atoms with Gasteiger partial charge in [0.15, 0.2) is 0 Å². The molecule has 1 aliphatic heterocycles. The minimum absolute atomic E-state index is 0.105. The smallest absolute Gasteiger partial charge is 0.253 e. The van der Waals surface area contributed by atoms with Gasteiger partial charge in [0.1, 0.15) is 0 Å². The molecule has 132 valence electrons. The first-order valence-corrected chi connectivity index (χ1v) is 9.70. The predicted molar refractivity (Wildman–Crippen MR) is 99.3 cm³/mol. The van der Waals surface area contributed by atoms with Crippen molar-refractivity contribution in [1.82, 2.24) is 9.80 Å². The van der Waals surface area contributed by atoms with Crippen LogP contribution in [-0.4, -0.2) is 61.1 Å². The van der Waals surface area contributed by atoms with E-state index in [1.165, 1.54) is 12.8 Å². The molecule has 5 heteroatoms. The second kappa shape index (κ2) is 7.98. The van der Waals surface area contributed by atoms with Crippen LogP contribution in [0.1, 0.15) is 42.5 Å². The van der Waals surface area contributed by atoms with Crippen LogP contribution in [0, 0.1) is 0 Å². The maximum absolute atomic E-state index is 13.0. The van der Waals surface area contributed by atoms with Crippen LogP contribution in [0.4, 0.5) is 0 Å². The first-order chi connectivity index (χ1) is 11.6. The molecule has 1 amide bonds. The van der Waals surface area contributed by atoms with Gasteiger partial charge < -0.3 is 9.64 Å². The van der Waals surface area contributed by atoms with E-state index in [1.807, 2.05) is 43.3 Å². The van der Waals surface area contributed by atoms with E-state index >= 15 is 0 Å². The van der Waals surface area contributed by atoms with Gasteiger partial charge in [0.25, 0.3) is 5.91 Å². The molecule has 1 heterocycles. The SMILES string of the molecule is COC1CCC[C@@H](N(C)C(=O)c2ccc(Br)cc2)[C@@H]1N1CCCC1. The maximum atomic E-state index is 13.0. The highest BCUT2D eigenvalue weighted by Crippen LogP contribution is 2.31. The maximum Gasteiger partial charge on any atom is 0.253 e. The molecule has 0 bridgehead atoms. The summed E-state index contributed by atoms with van der Waals surface area (Å²) < 4.78 is 6.81. The summed E-state index contributed by atoms with van der Waals surface area (Å²) in [7, 11) is 3.77. The van der Waals surface area contributed by atoms with Crippen molar-refractivity contribution in [3.8, 4) is 0 Å². The number of likely N-dealkylation sites (tertiary alicyclic amines) is 1. The van der Waals surface area contributed by atoms with E-state index in [0.717, 1.165) is 42.4 Å². The van der Waals surface area contributed by atoms with E-state index in [1.54, 1.807) is 0 Å². The molecule has 3 rings (SSSR count). The third-order valence-corrected chi connectivity index (χ3v) is 6.07. The Balaban J connectivity index is 1.80. The number of carbonyl (C=O) groups excluding carboxylic acids is 1. The molecular formula is C19H27BrN2O2. The highest BCUT2D eigenvalue weighted by atomic mass is 79.9. The number of methoxy groups -OCH3 is 1. The van der Waals surface area contributed by atoms with Crippen LogP contribution < -0.4 is 0 Å². The fourth-order valence-electron chi connectivity index (χ4n) is 4.26. The van der Waals surface area contributed by atoms with Gasteiger partial charge in [-0.15, -0.1) is 0 Å². The summed E-state index contributed by atoms with van der Waals surface area (Å²) in [6.07, 6.45) is 6.00. The molecule has 1 aromatic rings. The second-order valence-electron chi connectivity index (χ2n) is 6.93. The number of hydrogen-bond acceptors (Lipinski definition) is 3. The number of hydrogen-bond donors (Lipinski definition) is 0. The highest BCUT2D eigenvalue weighted by Gasteiger charge is 2.41. The van der Waals surface area contributed by atoms with Gasteiger partial charge in [-0.2, -0.15) is 0 Å².